The Kier molecular flexibility index (Phi) is 5.94. The molecule has 1 aromatic carbocycles. The Morgan fingerprint density at radius 2 is 2.00 bits per heavy atom. The summed E-state index contributed by atoms with van der Waals surface area (Å²) < 4.78 is 1.82. The number of aromatic hydroxyl groups is 1. The maximum absolute atomic E-state index is 12.2. The molecule has 0 fully saturated rings. The second-order valence-corrected chi connectivity index (χ2v) is 6.88. The van der Waals surface area contributed by atoms with Crippen LogP contribution in [0.5, 0.6) is 5.88 Å². The van der Waals surface area contributed by atoms with Gasteiger partial charge in [0.05, 0.1) is 25.1 Å². The van der Waals surface area contributed by atoms with Crippen molar-refractivity contribution in [3.05, 3.63) is 58.2 Å². The van der Waals surface area contributed by atoms with E-state index in [-0.39, 0.29) is 29.2 Å². The fraction of sp³-hybridized carbons (Fsp3) is 0.188. The first-order valence-electron chi connectivity index (χ1n) is 7.26. The number of aliphatic imine (C=N–C) groups is 1. The van der Waals surface area contributed by atoms with Crippen molar-refractivity contribution in [1.82, 2.24) is 4.57 Å². The minimum Gasteiger partial charge on any atom is -0.494 e. The molecule has 0 saturated carbocycles. The number of benzene rings is 1. The van der Waals surface area contributed by atoms with Crippen LogP contribution in [-0.2, 0) is 6.54 Å². The number of halogens is 2. The predicted octanol–water partition coefficient (Wildman–Crippen LogP) is 3.94. The van der Waals surface area contributed by atoms with E-state index in [1.165, 1.54) is 18.3 Å². The summed E-state index contributed by atoms with van der Waals surface area (Å²) in [4.78, 5) is 26.8. The van der Waals surface area contributed by atoms with Crippen LogP contribution in [0.25, 0.3) is 0 Å². The Morgan fingerprint density at radius 3 is 2.46 bits per heavy atom. The van der Waals surface area contributed by atoms with Crippen molar-refractivity contribution in [2.45, 2.75) is 20.4 Å². The van der Waals surface area contributed by atoms with Crippen molar-refractivity contribution in [2.24, 2.45) is 4.99 Å². The second kappa shape index (κ2) is 7.80. The molecular weight excluding hydrogens is 472 g/mol. The van der Waals surface area contributed by atoms with Gasteiger partial charge in [0.1, 0.15) is 11.6 Å². The third kappa shape index (κ3) is 3.54. The molecule has 0 bridgehead atoms. The lowest BCUT2D eigenvalue weighted by Gasteiger charge is -2.12. The van der Waals surface area contributed by atoms with Gasteiger partial charge in [0.15, 0.2) is 0 Å². The van der Waals surface area contributed by atoms with Gasteiger partial charge in [-0.15, -0.1) is 0 Å². The Morgan fingerprint density at radius 1 is 1.42 bits per heavy atom. The maximum Gasteiger partial charge on any atom is 0.271 e. The summed E-state index contributed by atoms with van der Waals surface area (Å²) in [7, 11) is 0. The fourth-order valence-corrected chi connectivity index (χ4v) is 3.70. The monoisotopic (exact) mass is 482 g/mol. The van der Waals surface area contributed by atoms with E-state index >= 15 is 0 Å². The van der Waals surface area contributed by atoms with Gasteiger partial charge in [-0.25, -0.2) is 0 Å². The molecule has 0 unspecified atom stereocenters. The van der Waals surface area contributed by atoms with Gasteiger partial charge in [-0.3, -0.25) is 24.5 Å². The van der Waals surface area contributed by atoms with Gasteiger partial charge in [0, 0.05) is 24.9 Å². The number of pyridine rings is 1. The number of hydrogen-bond acceptors (Lipinski definition) is 6. The van der Waals surface area contributed by atoms with E-state index < -0.39 is 10.5 Å². The highest BCUT2D eigenvalue weighted by molar-refractivity contribution is 9.11. The zero-order valence-corrected chi connectivity index (χ0v) is 16.8. The molecule has 0 amide bonds. The number of nitro groups is 1. The summed E-state index contributed by atoms with van der Waals surface area (Å²) in [5, 5.41) is 30.5. The number of nitro benzene ring substituents is 1. The average Bonchev–Trinajstić information content (AvgIpc) is 2.57. The van der Waals surface area contributed by atoms with Crippen LogP contribution < -0.4 is 5.56 Å². The van der Waals surface area contributed by atoms with Crippen LogP contribution in [0.4, 0.5) is 11.4 Å². The Labute approximate surface area is 164 Å². The predicted molar refractivity (Wildman–Crippen MR) is 103 cm³/mol. The van der Waals surface area contributed by atoms with Crippen LogP contribution in [-0.4, -0.2) is 20.8 Å². The van der Waals surface area contributed by atoms with Crippen molar-refractivity contribution in [3.8, 4) is 11.9 Å². The molecule has 0 radical (unpaired) electrons. The van der Waals surface area contributed by atoms with Crippen molar-refractivity contribution in [1.29, 1.82) is 5.26 Å². The molecule has 0 aliphatic heterocycles. The normalized spacial score (nSPS) is 10.9. The standard InChI is InChI=1S/C16H12Br2N4O4/c1-3-21-15(23)10(6-19)8(2)11(16(21)24)7-20-14-12(17)4-9(22(25)26)5-13(14)18/h4-5,7,24H,3H2,1-2H3. The lowest BCUT2D eigenvalue weighted by Crippen LogP contribution is -2.24. The van der Waals surface area contributed by atoms with Crippen LogP contribution >= 0.6 is 31.9 Å². The molecule has 0 aliphatic rings. The van der Waals surface area contributed by atoms with Gasteiger partial charge in [0.2, 0.25) is 5.88 Å². The molecule has 1 N–H and O–H groups in total. The van der Waals surface area contributed by atoms with Crippen molar-refractivity contribution >= 4 is 49.4 Å². The van der Waals surface area contributed by atoms with Crippen LogP contribution in [0.1, 0.15) is 23.6 Å². The molecule has 1 heterocycles. The van der Waals surface area contributed by atoms with Gasteiger partial charge in [-0.1, -0.05) is 0 Å². The maximum atomic E-state index is 12.2. The van der Waals surface area contributed by atoms with E-state index in [0.717, 1.165) is 4.57 Å². The third-order valence-corrected chi connectivity index (χ3v) is 4.91. The number of non-ortho nitro benzene ring substituents is 1. The van der Waals surface area contributed by atoms with Gasteiger partial charge in [-0.2, -0.15) is 5.26 Å². The summed E-state index contributed by atoms with van der Waals surface area (Å²) in [5.41, 5.74) is 0.126. The van der Waals surface area contributed by atoms with Crippen molar-refractivity contribution in [2.75, 3.05) is 0 Å². The smallest absolute Gasteiger partial charge is 0.271 e. The third-order valence-electron chi connectivity index (χ3n) is 3.70. The first-order valence-corrected chi connectivity index (χ1v) is 8.85. The molecule has 10 heteroatoms. The molecular formula is C16H12Br2N4O4. The quantitative estimate of drug-likeness (QED) is 0.401. The summed E-state index contributed by atoms with van der Waals surface area (Å²) in [6.07, 6.45) is 1.31. The van der Waals surface area contributed by atoms with E-state index in [1.54, 1.807) is 13.8 Å². The van der Waals surface area contributed by atoms with E-state index in [1.807, 2.05) is 6.07 Å². The second-order valence-electron chi connectivity index (χ2n) is 5.17. The Balaban J connectivity index is 2.65. The van der Waals surface area contributed by atoms with Gasteiger partial charge >= 0.3 is 0 Å². The molecule has 1 aromatic heterocycles. The van der Waals surface area contributed by atoms with Gasteiger partial charge < -0.3 is 5.11 Å². The number of rotatable bonds is 4. The first kappa shape index (κ1) is 19.8. The van der Waals surface area contributed by atoms with E-state index in [9.17, 15) is 25.3 Å². The number of nitrogens with zero attached hydrogens (tertiary/aromatic N) is 4. The highest BCUT2D eigenvalue weighted by Gasteiger charge is 2.18. The summed E-state index contributed by atoms with van der Waals surface area (Å²) in [6.45, 7) is 3.40. The molecule has 2 rings (SSSR count). The van der Waals surface area contributed by atoms with E-state index in [4.69, 9.17) is 0 Å². The zero-order chi connectivity index (χ0) is 19.6. The summed E-state index contributed by atoms with van der Waals surface area (Å²) >= 11 is 6.45. The van der Waals surface area contributed by atoms with E-state index in [2.05, 4.69) is 36.9 Å². The lowest BCUT2D eigenvalue weighted by molar-refractivity contribution is -0.385. The van der Waals surface area contributed by atoms with Crippen LogP contribution in [0.3, 0.4) is 0 Å². The van der Waals surface area contributed by atoms with Crippen LogP contribution in [0, 0.1) is 28.4 Å². The highest BCUT2D eigenvalue weighted by atomic mass is 79.9. The average molecular weight is 484 g/mol. The zero-order valence-electron chi connectivity index (χ0n) is 13.7. The lowest BCUT2D eigenvalue weighted by atomic mass is 10.1. The number of nitriles is 1. The number of aromatic nitrogens is 1. The molecule has 8 nitrogen and oxygen atoms in total. The minimum absolute atomic E-state index is 0.0760. The Hall–Kier alpha value is -2.51. The molecule has 0 atom stereocenters. The van der Waals surface area contributed by atoms with E-state index in [0.29, 0.717) is 20.2 Å². The summed E-state index contributed by atoms with van der Waals surface area (Å²) in [5.74, 6) is -0.299. The van der Waals surface area contributed by atoms with Crippen molar-refractivity contribution < 1.29 is 10.0 Å². The van der Waals surface area contributed by atoms with Gasteiger partial charge in [-0.05, 0) is 51.3 Å². The fourth-order valence-electron chi connectivity index (χ4n) is 2.33. The first-order chi connectivity index (χ1) is 12.2. The largest absolute Gasteiger partial charge is 0.494 e. The molecule has 134 valence electrons. The minimum atomic E-state index is -0.570. The summed E-state index contributed by atoms with van der Waals surface area (Å²) in [6, 6.07) is 4.45. The molecule has 2 aromatic rings. The molecule has 26 heavy (non-hydrogen) atoms. The van der Waals surface area contributed by atoms with Crippen LogP contribution in [0.2, 0.25) is 0 Å². The molecule has 0 spiro atoms. The SMILES string of the molecule is CCn1c(O)c(C=Nc2c(Br)cc([N+](=O)[O-])cc2Br)c(C)c(C#N)c1=O. The van der Waals surface area contributed by atoms with Crippen molar-refractivity contribution in [3.63, 3.8) is 0 Å². The van der Waals surface area contributed by atoms with Crippen LogP contribution in [0.15, 0.2) is 30.9 Å². The molecule has 0 saturated heterocycles. The van der Waals surface area contributed by atoms with Gasteiger partial charge in [0.25, 0.3) is 11.2 Å². The molecule has 0 aliphatic carbocycles. The number of hydrogen-bond donors (Lipinski definition) is 1. The Bertz CT molecular complexity index is 1020. The highest BCUT2D eigenvalue weighted by Crippen LogP contribution is 2.37. The topological polar surface area (TPSA) is 122 Å².